The van der Waals surface area contributed by atoms with E-state index < -0.39 is 17.7 Å². The van der Waals surface area contributed by atoms with Gasteiger partial charge < -0.3 is 14.6 Å². The summed E-state index contributed by atoms with van der Waals surface area (Å²) in [6.07, 6.45) is 3.00. The van der Waals surface area contributed by atoms with Crippen LogP contribution in [0.5, 0.6) is 11.5 Å². The topological polar surface area (TPSA) is 115 Å². The van der Waals surface area contributed by atoms with E-state index >= 15 is 0 Å². The number of hydrogen-bond donors (Lipinski definition) is 1. The summed E-state index contributed by atoms with van der Waals surface area (Å²) in [5.74, 6) is -0.413. The average Bonchev–Trinajstić information content (AvgIpc) is 3.61. The predicted molar refractivity (Wildman–Crippen MR) is 162 cm³/mol. The molecule has 1 unspecified atom stereocenters. The van der Waals surface area contributed by atoms with Crippen molar-refractivity contribution < 1.29 is 24.2 Å². The van der Waals surface area contributed by atoms with Gasteiger partial charge in [-0.1, -0.05) is 71.6 Å². The molecule has 11 heteroatoms. The fourth-order valence-electron chi connectivity index (χ4n) is 4.95. The Hall–Kier alpha value is -4.74. The van der Waals surface area contributed by atoms with Gasteiger partial charge in [-0.3, -0.25) is 19.5 Å². The third-order valence-corrected chi connectivity index (χ3v) is 9.06. The average molecular weight is 597 g/mol. The molecule has 5 aromatic rings. The smallest absolute Gasteiger partial charge is 0.301 e. The summed E-state index contributed by atoms with van der Waals surface area (Å²) in [5.41, 5.74) is 1.97. The number of aromatic nitrogens is 3. The van der Waals surface area contributed by atoms with Gasteiger partial charge in [0.1, 0.15) is 5.76 Å². The molecule has 3 heterocycles. The van der Waals surface area contributed by atoms with Gasteiger partial charge in [0.15, 0.2) is 15.8 Å². The molecule has 2 aromatic heterocycles. The molecule has 0 saturated carbocycles. The number of aliphatic hydroxyl groups excluding tert-OH is 1. The van der Waals surface area contributed by atoms with Crippen molar-refractivity contribution in [2.45, 2.75) is 16.1 Å². The Morgan fingerprint density at radius 2 is 1.71 bits per heavy atom. The number of rotatable bonds is 8. The number of aliphatic hydroxyl groups is 1. The van der Waals surface area contributed by atoms with Gasteiger partial charge in [0.25, 0.3) is 5.78 Å². The van der Waals surface area contributed by atoms with Gasteiger partial charge in [0, 0.05) is 23.7 Å². The molecule has 9 nitrogen and oxygen atoms in total. The first kappa shape index (κ1) is 27.4. The number of ketones is 1. The van der Waals surface area contributed by atoms with Crippen molar-refractivity contribution in [3.63, 3.8) is 0 Å². The first-order valence-electron chi connectivity index (χ1n) is 12.9. The number of amides is 1. The van der Waals surface area contributed by atoms with Crippen LogP contribution >= 0.6 is 23.1 Å². The first-order valence-corrected chi connectivity index (χ1v) is 14.7. The number of benzene rings is 3. The molecular weight excluding hydrogens is 572 g/mol. The number of methoxy groups -OCH3 is 2. The number of carbonyl (C=O) groups is 2. The maximum atomic E-state index is 13.5. The molecular formula is C31H24N4O5S2. The molecule has 0 radical (unpaired) electrons. The summed E-state index contributed by atoms with van der Waals surface area (Å²) in [5, 5.41) is 22.5. The van der Waals surface area contributed by atoms with Crippen LogP contribution in [0.3, 0.4) is 0 Å². The van der Waals surface area contributed by atoms with Crippen LogP contribution in [-0.2, 0) is 15.3 Å². The Balaban J connectivity index is 1.39. The zero-order valence-corrected chi connectivity index (χ0v) is 24.2. The standard InChI is InChI=1S/C31H24N4O5S2/c1-39-23-11-10-20(16-24(23)40-2)26-25(27(36)19-12-14-32-15-13-19)28(37)29(38)35(26)30-33-34-31(42-30)41-17-21-8-5-7-18-6-3-4-9-22(18)21/h3-16,26,36H,17H2,1-2H3. The molecule has 1 aliphatic heterocycles. The summed E-state index contributed by atoms with van der Waals surface area (Å²) in [6, 6.07) is 21.6. The van der Waals surface area contributed by atoms with Gasteiger partial charge in [-0.15, -0.1) is 10.2 Å². The second kappa shape index (κ2) is 11.6. The molecule has 0 spiro atoms. The van der Waals surface area contributed by atoms with Gasteiger partial charge in [0.2, 0.25) is 5.13 Å². The van der Waals surface area contributed by atoms with Gasteiger partial charge in [-0.25, -0.2) is 0 Å². The minimum atomic E-state index is -0.984. The monoisotopic (exact) mass is 596 g/mol. The zero-order valence-electron chi connectivity index (χ0n) is 22.6. The minimum absolute atomic E-state index is 0.0708. The van der Waals surface area contributed by atoms with Crippen molar-refractivity contribution in [2.24, 2.45) is 0 Å². The van der Waals surface area contributed by atoms with Crippen molar-refractivity contribution in [3.8, 4) is 11.5 Å². The summed E-state index contributed by atoms with van der Waals surface area (Å²) in [7, 11) is 3.02. The Bertz CT molecular complexity index is 1830. The Morgan fingerprint density at radius 3 is 2.50 bits per heavy atom. The summed E-state index contributed by atoms with van der Waals surface area (Å²) >= 11 is 2.71. The van der Waals surface area contributed by atoms with Crippen LogP contribution in [0.25, 0.3) is 16.5 Å². The Labute approximate surface area is 249 Å². The molecule has 3 aromatic carbocycles. The summed E-state index contributed by atoms with van der Waals surface area (Å²) in [6.45, 7) is 0. The molecule has 0 bridgehead atoms. The van der Waals surface area contributed by atoms with E-state index in [1.807, 2.05) is 18.2 Å². The second-order valence-corrected chi connectivity index (χ2v) is 11.5. The van der Waals surface area contributed by atoms with Crippen LogP contribution in [0.15, 0.2) is 95.1 Å². The summed E-state index contributed by atoms with van der Waals surface area (Å²) < 4.78 is 11.5. The number of nitrogens with zero attached hydrogens (tertiary/aromatic N) is 4. The maximum absolute atomic E-state index is 13.5. The third-order valence-electron chi connectivity index (χ3n) is 6.95. The van der Waals surface area contributed by atoms with Crippen LogP contribution in [0.1, 0.15) is 22.7 Å². The highest BCUT2D eigenvalue weighted by Gasteiger charge is 2.48. The molecule has 1 amide bonds. The van der Waals surface area contributed by atoms with Crippen molar-refractivity contribution in [1.29, 1.82) is 0 Å². The minimum Gasteiger partial charge on any atom is -0.507 e. The van der Waals surface area contributed by atoms with Crippen molar-refractivity contribution in [2.75, 3.05) is 19.1 Å². The van der Waals surface area contributed by atoms with Gasteiger partial charge in [-0.2, -0.15) is 0 Å². The predicted octanol–water partition coefficient (Wildman–Crippen LogP) is 6.02. The number of pyridine rings is 1. The SMILES string of the molecule is COc1ccc(C2C(=C(O)c3ccncc3)C(=O)C(=O)N2c2nnc(SCc3cccc4ccccc34)s2)cc1OC. The fourth-order valence-corrected chi connectivity index (χ4v) is 6.82. The highest BCUT2D eigenvalue weighted by molar-refractivity contribution is 8.00. The highest BCUT2D eigenvalue weighted by atomic mass is 32.2. The van der Waals surface area contributed by atoms with E-state index in [4.69, 9.17) is 9.47 Å². The molecule has 1 N–H and O–H groups in total. The number of fused-ring (bicyclic) bond motifs is 1. The maximum Gasteiger partial charge on any atom is 0.301 e. The normalized spacial score (nSPS) is 16.2. The van der Waals surface area contributed by atoms with Crippen LogP contribution in [0.2, 0.25) is 0 Å². The first-order chi connectivity index (χ1) is 20.5. The van der Waals surface area contributed by atoms with Crippen molar-refractivity contribution in [3.05, 3.63) is 107 Å². The van der Waals surface area contributed by atoms with E-state index in [1.165, 1.54) is 54.6 Å². The molecule has 1 fully saturated rings. The lowest BCUT2D eigenvalue weighted by Crippen LogP contribution is -2.29. The molecule has 1 aliphatic rings. The molecule has 1 atom stereocenters. The Morgan fingerprint density at radius 1 is 0.952 bits per heavy atom. The fraction of sp³-hybridized carbons (Fsp3) is 0.129. The van der Waals surface area contributed by atoms with Crippen LogP contribution in [-0.4, -0.2) is 46.2 Å². The van der Waals surface area contributed by atoms with Crippen LogP contribution < -0.4 is 14.4 Å². The van der Waals surface area contributed by atoms with E-state index in [0.717, 1.165) is 16.3 Å². The number of carbonyl (C=O) groups excluding carboxylic acids is 2. The van der Waals surface area contributed by atoms with E-state index in [9.17, 15) is 14.7 Å². The number of thioether (sulfide) groups is 1. The van der Waals surface area contributed by atoms with E-state index in [1.54, 1.807) is 30.3 Å². The highest BCUT2D eigenvalue weighted by Crippen LogP contribution is 2.45. The number of anilines is 1. The van der Waals surface area contributed by atoms with Crippen molar-refractivity contribution in [1.82, 2.24) is 15.2 Å². The van der Waals surface area contributed by atoms with Crippen LogP contribution in [0.4, 0.5) is 5.13 Å². The van der Waals surface area contributed by atoms with Gasteiger partial charge in [0.05, 0.1) is 25.8 Å². The second-order valence-electron chi connectivity index (χ2n) is 9.30. The lowest BCUT2D eigenvalue weighted by atomic mass is 9.95. The van der Waals surface area contributed by atoms with Crippen molar-refractivity contribution >= 4 is 56.5 Å². The van der Waals surface area contributed by atoms with Gasteiger partial charge >= 0.3 is 5.91 Å². The largest absolute Gasteiger partial charge is 0.507 e. The zero-order chi connectivity index (χ0) is 29.2. The number of hydrogen-bond acceptors (Lipinski definition) is 10. The lowest BCUT2D eigenvalue weighted by molar-refractivity contribution is -0.132. The quantitative estimate of drug-likeness (QED) is 0.0755. The molecule has 1 saturated heterocycles. The molecule has 0 aliphatic carbocycles. The molecule has 6 rings (SSSR count). The van der Waals surface area contributed by atoms with Gasteiger partial charge in [-0.05, 0) is 46.2 Å². The van der Waals surface area contributed by atoms with E-state index in [0.29, 0.717) is 32.7 Å². The number of Topliss-reactive ketones (excluding diaryl/α,β-unsaturated/α-hetero) is 1. The number of ether oxygens (including phenoxy) is 2. The van der Waals surface area contributed by atoms with E-state index in [-0.39, 0.29) is 16.5 Å². The summed E-state index contributed by atoms with van der Waals surface area (Å²) in [4.78, 5) is 32.3. The van der Waals surface area contributed by atoms with E-state index in [2.05, 4.69) is 39.4 Å². The molecule has 210 valence electrons. The Kier molecular flexibility index (Phi) is 7.60. The van der Waals surface area contributed by atoms with Crippen LogP contribution in [0, 0.1) is 0 Å². The lowest BCUT2D eigenvalue weighted by Gasteiger charge is -2.23. The third kappa shape index (κ3) is 4.97. The molecule has 42 heavy (non-hydrogen) atoms.